The summed E-state index contributed by atoms with van der Waals surface area (Å²) in [7, 11) is 1.38. The van der Waals surface area contributed by atoms with Gasteiger partial charge in [0, 0.05) is 21.4 Å². The molecule has 0 aromatic heterocycles. The van der Waals surface area contributed by atoms with Crippen LogP contribution in [0.5, 0.6) is 0 Å². The molecule has 0 spiro atoms. The summed E-state index contributed by atoms with van der Waals surface area (Å²) in [5.41, 5.74) is 0.826. The van der Waals surface area contributed by atoms with Crippen LogP contribution in [0.25, 0.3) is 0 Å². The van der Waals surface area contributed by atoms with E-state index < -0.39 is 0 Å². The monoisotopic (exact) mass is 291 g/mol. The summed E-state index contributed by atoms with van der Waals surface area (Å²) >= 11 is 13.8. The average molecular weight is 292 g/mol. The number of esters is 1. The Balaban J connectivity index is 2.18. The first-order chi connectivity index (χ1) is 8.13. The summed E-state index contributed by atoms with van der Waals surface area (Å²) in [6, 6.07) is 5.07. The summed E-state index contributed by atoms with van der Waals surface area (Å²) in [6.07, 6.45) is 0. The molecule has 1 aliphatic rings. The van der Waals surface area contributed by atoms with E-state index in [1.165, 1.54) is 7.11 Å². The number of carbonyl (C=O) groups is 1. The zero-order chi connectivity index (χ0) is 12.4. The first-order valence-electron chi connectivity index (χ1n) is 5.03. The molecule has 17 heavy (non-hydrogen) atoms. The third kappa shape index (κ3) is 2.71. The molecule has 1 fully saturated rings. The van der Waals surface area contributed by atoms with Crippen molar-refractivity contribution in [1.82, 2.24) is 5.32 Å². The Labute approximate surface area is 114 Å². The van der Waals surface area contributed by atoms with Crippen molar-refractivity contribution in [3.63, 3.8) is 0 Å². The normalized spacial score (nSPS) is 23.7. The maximum absolute atomic E-state index is 11.4. The highest BCUT2D eigenvalue weighted by atomic mass is 35.5. The minimum Gasteiger partial charge on any atom is -0.468 e. The van der Waals surface area contributed by atoms with Gasteiger partial charge < -0.3 is 4.74 Å². The number of thioether (sulfide) groups is 1. The van der Waals surface area contributed by atoms with E-state index in [0.717, 1.165) is 5.56 Å². The Morgan fingerprint density at radius 2 is 2.12 bits per heavy atom. The molecule has 0 radical (unpaired) electrons. The van der Waals surface area contributed by atoms with Crippen molar-refractivity contribution in [1.29, 1.82) is 0 Å². The van der Waals surface area contributed by atoms with Crippen LogP contribution in [-0.4, -0.2) is 24.9 Å². The van der Waals surface area contributed by atoms with E-state index in [0.29, 0.717) is 15.8 Å². The molecular weight excluding hydrogens is 281 g/mol. The van der Waals surface area contributed by atoms with Gasteiger partial charge in [0.25, 0.3) is 0 Å². The molecule has 2 rings (SSSR count). The molecule has 0 saturated carbocycles. The lowest BCUT2D eigenvalue weighted by Crippen LogP contribution is -2.35. The third-order valence-electron chi connectivity index (χ3n) is 2.53. The Bertz CT molecular complexity index is 421. The van der Waals surface area contributed by atoms with Crippen molar-refractivity contribution >= 4 is 40.9 Å². The number of benzene rings is 1. The lowest BCUT2D eigenvalue weighted by Gasteiger charge is -2.15. The molecule has 1 unspecified atom stereocenters. The van der Waals surface area contributed by atoms with Crippen molar-refractivity contribution in [2.24, 2.45) is 0 Å². The van der Waals surface area contributed by atoms with Crippen molar-refractivity contribution in [2.75, 3.05) is 12.9 Å². The highest BCUT2D eigenvalue weighted by Crippen LogP contribution is 2.40. The fourth-order valence-corrected chi connectivity index (χ4v) is 3.72. The van der Waals surface area contributed by atoms with Crippen LogP contribution in [-0.2, 0) is 9.53 Å². The number of methoxy groups -OCH3 is 1. The minimum absolute atomic E-state index is 0.0692. The fraction of sp³-hybridized carbons (Fsp3) is 0.364. The Hall–Kier alpha value is -0.420. The van der Waals surface area contributed by atoms with Gasteiger partial charge in [-0.25, -0.2) is 0 Å². The largest absolute Gasteiger partial charge is 0.468 e. The highest BCUT2D eigenvalue weighted by Gasteiger charge is 2.33. The summed E-state index contributed by atoms with van der Waals surface area (Å²) in [4.78, 5) is 11.4. The molecule has 3 nitrogen and oxygen atoms in total. The van der Waals surface area contributed by atoms with Gasteiger partial charge in [-0.15, -0.1) is 11.8 Å². The average Bonchev–Trinajstić information content (AvgIpc) is 2.77. The van der Waals surface area contributed by atoms with Gasteiger partial charge in [-0.1, -0.05) is 29.3 Å². The second kappa shape index (κ2) is 5.48. The van der Waals surface area contributed by atoms with E-state index in [1.807, 2.05) is 0 Å². The van der Waals surface area contributed by atoms with E-state index in [-0.39, 0.29) is 17.4 Å². The molecule has 1 saturated heterocycles. The van der Waals surface area contributed by atoms with E-state index >= 15 is 0 Å². The molecule has 92 valence electrons. The molecular formula is C11H11Cl2NO2S. The number of nitrogens with one attached hydrogen (secondary N) is 1. The van der Waals surface area contributed by atoms with E-state index in [2.05, 4.69) is 5.32 Å². The number of halogens is 2. The standard InChI is InChI=1S/C11H11Cl2NO2S/c1-16-11(15)8-5-17-10(14-8)9-6(12)3-2-4-7(9)13/h2-4,8,10,14H,5H2,1H3/t8-,10?/m0/s1. The van der Waals surface area contributed by atoms with E-state index in [1.54, 1.807) is 30.0 Å². The molecule has 1 aliphatic heterocycles. The van der Waals surface area contributed by atoms with Gasteiger partial charge >= 0.3 is 5.97 Å². The smallest absolute Gasteiger partial charge is 0.323 e. The lowest BCUT2D eigenvalue weighted by molar-refractivity contribution is -0.142. The van der Waals surface area contributed by atoms with E-state index in [4.69, 9.17) is 27.9 Å². The maximum atomic E-state index is 11.4. The van der Waals surface area contributed by atoms with Crippen molar-refractivity contribution in [3.8, 4) is 0 Å². The van der Waals surface area contributed by atoms with Gasteiger partial charge in [-0.3, -0.25) is 10.1 Å². The van der Waals surface area contributed by atoms with Gasteiger partial charge in [0.05, 0.1) is 12.5 Å². The van der Waals surface area contributed by atoms with Crippen molar-refractivity contribution in [2.45, 2.75) is 11.4 Å². The van der Waals surface area contributed by atoms with Crippen LogP contribution in [0, 0.1) is 0 Å². The van der Waals surface area contributed by atoms with Crippen LogP contribution in [0.2, 0.25) is 10.0 Å². The number of rotatable bonds is 2. The van der Waals surface area contributed by atoms with Crippen LogP contribution in [0.3, 0.4) is 0 Å². The molecule has 0 bridgehead atoms. The van der Waals surface area contributed by atoms with Gasteiger partial charge in [0.15, 0.2) is 0 Å². The second-order valence-electron chi connectivity index (χ2n) is 3.59. The topological polar surface area (TPSA) is 38.3 Å². The lowest BCUT2D eigenvalue weighted by atomic mass is 10.2. The SMILES string of the molecule is COC(=O)[C@@H]1CSC(c2c(Cl)cccc2Cl)N1. The molecule has 0 aliphatic carbocycles. The van der Waals surface area contributed by atoms with Crippen molar-refractivity contribution in [3.05, 3.63) is 33.8 Å². The van der Waals surface area contributed by atoms with Crippen LogP contribution < -0.4 is 5.32 Å². The maximum Gasteiger partial charge on any atom is 0.323 e. The number of ether oxygens (including phenoxy) is 1. The zero-order valence-corrected chi connectivity index (χ0v) is 11.4. The summed E-state index contributed by atoms with van der Waals surface area (Å²) in [5, 5.41) is 4.30. The molecule has 2 atom stereocenters. The van der Waals surface area contributed by atoms with Crippen LogP contribution in [0.4, 0.5) is 0 Å². The predicted molar refractivity (Wildman–Crippen MR) is 70.6 cm³/mol. The highest BCUT2D eigenvalue weighted by molar-refractivity contribution is 7.99. The Kier molecular flexibility index (Phi) is 4.20. The van der Waals surface area contributed by atoms with Crippen LogP contribution in [0.15, 0.2) is 18.2 Å². The molecule has 1 heterocycles. The predicted octanol–water partition coefficient (Wildman–Crippen LogP) is 2.87. The quantitative estimate of drug-likeness (QED) is 0.851. The zero-order valence-electron chi connectivity index (χ0n) is 9.07. The summed E-state index contributed by atoms with van der Waals surface area (Å²) in [5.74, 6) is 0.391. The van der Waals surface area contributed by atoms with Gasteiger partial charge in [-0.05, 0) is 12.1 Å². The number of hydrogen-bond donors (Lipinski definition) is 1. The summed E-state index contributed by atoms with van der Waals surface area (Å²) in [6.45, 7) is 0. The van der Waals surface area contributed by atoms with Gasteiger partial charge in [0.1, 0.15) is 6.04 Å². The Morgan fingerprint density at radius 1 is 1.47 bits per heavy atom. The number of carbonyl (C=O) groups excluding carboxylic acids is 1. The molecule has 6 heteroatoms. The molecule has 1 aromatic carbocycles. The first kappa shape index (κ1) is 13.0. The van der Waals surface area contributed by atoms with Crippen LogP contribution in [0.1, 0.15) is 10.9 Å². The molecule has 1 aromatic rings. The van der Waals surface area contributed by atoms with E-state index in [9.17, 15) is 4.79 Å². The summed E-state index contributed by atoms with van der Waals surface area (Å²) < 4.78 is 4.70. The molecule has 0 amide bonds. The first-order valence-corrected chi connectivity index (χ1v) is 6.83. The number of hydrogen-bond acceptors (Lipinski definition) is 4. The fourth-order valence-electron chi connectivity index (χ4n) is 1.68. The third-order valence-corrected chi connectivity index (χ3v) is 4.42. The molecule has 1 N–H and O–H groups in total. The van der Waals surface area contributed by atoms with Crippen molar-refractivity contribution < 1.29 is 9.53 Å². The minimum atomic E-state index is -0.303. The van der Waals surface area contributed by atoms with Gasteiger partial charge in [0.2, 0.25) is 0 Å². The van der Waals surface area contributed by atoms with Gasteiger partial charge in [-0.2, -0.15) is 0 Å². The Morgan fingerprint density at radius 3 is 2.71 bits per heavy atom. The second-order valence-corrected chi connectivity index (χ2v) is 5.54. The van der Waals surface area contributed by atoms with Crippen LogP contribution >= 0.6 is 35.0 Å².